The lowest BCUT2D eigenvalue weighted by molar-refractivity contribution is -0.124. The molecule has 5 heteroatoms. The molecule has 0 aliphatic rings. The second-order valence-electron chi connectivity index (χ2n) is 5.39. The van der Waals surface area contributed by atoms with Crippen LogP contribution in [0.3, 0.4) is 0 Å². The molecule has 1 amide bonds. The Morgan fingerprint density at radius 2 is 1.88 bits per heavy atom. The molecule has 4 nitrogen and oxygen atoms in total. The van der Waals surface area contributed by atoms with Gasteiger partial charge >= 0.3 is 0 Å². The molecule has 0 bridgehead atoms. The van der Waals surface area contributed by atoms with E-state index < -0.39 is 8.32 Å². The fourth-order valence-electron chi connectivity index (χ4n) is 0.895. The predicted octanol–water partition coefficient (Wildman–Crippen LogP) is 1.77. The molecule has 0 aromatic rings. The van der Waals surface area contributed by atoms with Crippen molar-refractivity contribution in [3.05, 3.63) is 0 Å². The molecule has 0 fully saturated rings. The monoisotopic (exact) mass is 247 g/mol. The van der Waals surface area contributed by atoms with E-state index in [0.29, 0.717) is 13.2 Å². The van der Waals surface area contributed by atoms with E-state index >= 15 is 0 Å². The van der Waals surface area contributed by atoms with Gasteiger partial charge in [0.15, 0.2) is 8.32 Å². The van der Waals surface area contributed by atoms with Crippen molar-refractivity contribution in [2.75, 3.05) is 26.9 Å². The van der Waals surface area contributed by atoms with Crippen molar-refractivity contribution < 1.29 is 14.0 Å². The van der Waals surface area contributed by atoms with Gasteiger partial charge in [0.1, 0.15) is 6.61 Å². The van der Waals surface area contributed by atoms with Gasteiger partial charge in [-0.05, 0) is 18.1 Å². The Hall–Kier alpha value is -0.393. The van der Waals surface area contributed by atoms with Crippen LogP contribution in [-0.2, 0) is 14.0 Å². The lowest BCUT2D eigenvalue weighted by Gasteiger charge is -2.36. The van der Waals surface area contributed by atoms with Crippen LogP contribution in [0.25, 0.3) is 0 Å². The number of rotatable bonds is 6. The van der Waals surface area contributed by atoms with Gasteiger partial charge in [-0.15, -0.1) is 0 Å². The quantitative estimate of drug-likeness (QED) is 0.575. The van der Waals surface area contributed by atoms with Gasteiger partial charge in [0.2, 0.25) is 5.91 Å². The van der Waals surface area contributed by atoms with Crippen molar-refractivity contribution >= 4 is 14.2 Å². The molecule has 16 heavy (non-hydrogen) atoms. The van der Waals surface area contributed by atoms with Crippen LogP contribution in [0, 0.1) is 0 Å². The summed E-state index contributed by atoms with van der Waals surface area (Å²) >= 11 is 0. The molecule has 0 aliphatic heterocycles. The highest BCUT2D eigenvalue weighted by molar-refractivity contribution is 6.74. The first-order chi connectivity index (χ1) is 7.20. The molecule has 0 unspecified atom stereocenters. The van der Waals surface area contributed by atoms with E-state index in [2.05, 4.69) is 39.2 Å². The van der Waals surface area contributed by atoms with Crippen LogP contribution in [0.15, 0.2) is 0 Å². The maximum absolute atomic E-state index is 11.1. The highest BCUT2D eigenvalue weighted by Gasteiger charge is 2.36. The number of carbonyl (C=O) groups excluding carboxylic acids is 1. The van der Waals surface area contributed by atoms with Crippen LogP contribution in [-0.4, -0.2) is 41.1 Å². The number of hydrogen-bond donors (Lipinski definition) is 1. The average molecular weight is 247 g/mol. The Bertz CT molecular complexity index is 224. The van der Waals surface area contributed by atoms with Gasteiger partial charge in [-0.2, -0.15) is 0 Å². The van der Waals surface area contributed by atoms with Crippen LogP contribution in [0.5, 0.6) is 0 Å². The third-order valence-electron chi connectivity index (χ3n) is 2.97. The van der Waals surface area contributed by atoms with Crippen LogP contribution >= 0.6 is 0 Å². The van der Waals surface area contributed by atoms with Gasteiger partial charge in [-0.3, -0.25) is 4.79 Å². The van der Waals surface area contributed by atoms with E-state index in [1.54, 1.807) is 0 Å². The molecular formula is C11H25NO3Si. The molecule has 0 rings (SSSR count). The van der Waals surface area contributed by atoms with E-state index in [1.165, 1.54) is 7.11 Å². The van der Waals surface area contributed by atoms with Gasteiger partial charge in [-0.1, -0.05) is 20.8 Å². The van der Waals surface area contributed by atoms with E-state index in [9.17, 15) is 4.79 Å². The second-order valence-corrected chi connectivity index (χ2v) is 10.2. The van der Waals surface area contributed by atoms with Crippen molar-refractivity contribution in [1.82, 2.24) is 5.32 Å². The van der Waals surface area contributed by atoms with Crippen molar-refractivity contribution in [3.63, 3.8) is 0 Å². The molecule has 0 aliphatic carbocycles. The zero-order valence-corrected chi connectivity index (χ0v) is 12.3. The number of methoxy groups -OCH3 is 1. The van der Waals surface area contributed by atoms with Crippen molar-refractivity contribution in [2.24, 2.45) is 0 Å². The molecular weight excluding hydrogens is 222 g/mol. The number of hydrogen-bond acceptors (Lipinski definition) is 3. The van der Waals surface area contributed by atoms with Crippen molar-refractivity contribution in [3.8, 4) is 0 Å². The van der Waals surface area contributed by atoms with Gasteiger partial charge in [0, 0.05) is 13.7 Å². The van der Waals surface area contributed by atoms with Gasteiger partial charge < -0.3 is 14.5 Å². The predicted molar refractivity (Wildman–Crippen MR) is 68.0 cm³/mol. The molecule has 0 heterocycles. The van der Waals surface area contributed by atoms with Crippen LogP contribution in [0.1, 0.15) is 20.8 Å². The highest BCUT2D eigenvalue weighted by Crippen LogP contribution is 2.36. The summed E-state index contributed by atoms with van der Waals surface area (Å²) in [6.45, 7) is 12.2. The van der Waals surface area contributed by atoms with Gasteiger partial charge in [0.05, 0.1) is 6.61 Å². The first kappa shape index (κ1) is 15.6. The normalized spacial score (nSPS) is 12.6. The zero-order chi connectivity index (χ0) is 12.8. The molecule has 96 valence electrons. The molecule has 0 aromatic carbocycles. The Morgan fingerprint density at radius 1 is 1.31 bits per heavy atom. The Kier molecular flexibility index (Phi) is 6.21. The third-order valence-corrected chi connectivity index (χ3v) is 7.51. The van der Waals surface area contributed by atoms with Gasteiger partial charge in [-0.25, -0.2) is 0 Å². The fourth-order valence-corrected chi connectivity index (χ4v) is 1.94. The minimum Gasteiger partial charge on any atom is -0.415 e. The Morgan fingerprint density at radius 3 is 2.31 bits per heavy atom. The number of carbonyl (C=O) groups is 1. The molecule has 1 N–H and O–H groups in total. The molecule has 0 saturated heterocycles. The van der Waals surface area contributed by atoms with Gasteiger partial charge in [0.25, 0.3) is 0 Å². The molecule has 0 aromatic heterocycles. The number of amides is 1. The van der Waals surface area contributed by atoms with E-state index in [0.717, 1.165) is 0 Å². The van der Waals surface area contributed by atoms with Crippen LogP contribution < -0.4 is 5.32 Å². The average Bonchev–Trinajstić information content (AvgIpc) is 2.11. The summed E-state index contributed by atoms with van der Waals surface area (Å²) in [6.07, 6.45) is 0. The molecule has 0 atom stereocenters. The summed E-state index contributed by atoms with van der Waals surface area (Å²) in [5.74, 6) is -0.0960. The zero-order valence-electron chi connectivity index (χ0n) is 11.3. The third kappa shape index (κ3) is 5.63. The lowest BCUT2D eigenvalue weighted by Crippen LogP contribution is -2.43. The number of ether oxygens (including phenoxy) is 1. The maximum atomic E-state index is 11.1. The van der Waals surface area contributed by atoms with Crippen molar-refractivity contribution in [2.45, 2.75) is 38.9 Å². The lowest BCUT2D eigenvalue weighted by atomic mass is 10.2. The second kappa shape index (κ2) is 6.37. The largest absolute Gasteiger partial charge is 0.415 e. The fraction of sp³-hybridized carbons (Fsp3) is 0.909. The van der Waals surface area contributed by atoms with E-state index in [-0.39, 0.29) is 17.6 Å². The Labute approximate surface area is 99.8 Å². The minimum absolute atomic E-state index is 0.0960. The molecule has 0 spiro atoms. The summed E-state index contributed by atoms with van der Waals surface area (Å²) < 4.78 is 10.6. The highest BCUT2D eigenvalue weighted by atomic mass is 28.4. The van der Waals surface area contributed by atoms with E-state index in [1.807, 2.05) is 0 Å². The van der Waals surface area contributed by atoms with Crippen molar-refractivity contribution in [1.29, 1.82) is 0 Å². The molecule has 0 saturated carbocycles. The first-order valence-electron chi connectivity index (χ1n) is 5.60. The summed E-state index contributed by atoms with van der Waals surface area (Å²) in [4.78, 5) is 11.1. The Balaban J connectivity index is 3.78. The standard InChI is InChI=1S/C11H25NO3Si/c1-11(2,3)16(5,6)15-8-7-12-10(13)9-14-4/h7-9H2,1-6H3,(H,12,13). The number of nitrogens with one attached hydrogen (secondary N) is 1. The summed E-state index contributed by atoms with van der Waals surface area (Å²) in [5.41, 5.74) is 0. The maximum Gasteiger partial charge on any atom is 0.246 e. The first-order valence-corrected chi connectivity index (χ1v) is 8.51. The summed E-state index contributed by atoms with van der Waals surface area (Å²) in [6, 6.07) is 0. The SMILES string of the molecule is COCC(=O)NCCO[Si](C)(C)C(C)(C)C. The summed E-state index contributed by atoms with van der Waals surface area (Å²) in [5, 5.41) is 2.95. The topological polar surface area (TPSA) is 47.6 Å². The molecule has 0 radical (unpaired) electrons. The van der Waals surface area contributed by atoms with Crippen LogP contribution in [0.4, 0.5) is 0 Å². The summed E-state index contributed by atoms with van der Waals surface area (Å²) in [7, 11) is -0.172. The smallest absolute Gasteiger partial charge is 0.246 e. The van der Waals surface area contributed by atoms with E-state index in [4.69, 9.17) is 9.16 Å². The minimum atomic E-state index is -1.68. The van der Waals surface area contributed by atoms with Crippen LogP contribution in [0.2, 0.25) is 18.1 Å².